The van der Waals surface area contributed by atoms with Crippen molar-refractivity contribution in [1.29, 1.82) is 0 Å². The molecule has 3 rings (SSSR count). The van der Waals surface area contributed by atoms with E-state index in [-0.39, 0.29) is 6.42 Å². The van der Waals surface area contributed by atoms with Crippen LogP contribution in [0, 0.1) is 17.5 Å². The van der Waals surface area contributed by atoms with Crippen LogP contribution in [0.1, 0.15) is 17.8 Å². The number of para-hydroxylation sites is 1. The van der Waals surface area contributed by atoms with Crippen LogP contribution in [-0.4, -0.2) is 23.5 Å². The Morgan fingerprint density at radius 1 is 1.07 bits per heavy atom. The van der Waals surface area contributed by atoms with E-state index in [0.717, 1.165) is 21.3 Å². The van der Waals surface area contributed by atoms with Gasteiger partial charge in [-0.25, -0.2) is 18.2 Å². The molecule has 28 heavy (non-hydrogen) atoms. The van der Waals surface area contributed by atoms with Gasteiger partial charge in [-0.15, -0.1) is 11.3 Å². The number of aromatic nitrogens is 1. The number of fused-ring (bicyclic) bond motifs is 1. The highest BCUT2D eigenvalue weighted by atomic mass is 32.1. The highest BCUT2D eigenvalue weighted by molar-refractivity contribution is 7.18. The fourth-order valence-corrected chi connectivity index (χ4v) is 3.45. The Labute approximate surface area is 162 Å². The van der Waals surface area contributed by atoms with Crippen molar-refractivity contribution in [1.82, 2.24) is 4.98 Å². The molecule has 3 aromatic rings. The Morgan fingerprint density at radius 3 is 2.64 bits per heavy atom. The van der Waals surface area contributed by atoms with Crippen molar-refractivity contribution in [2.24, 2.45) is 0 Å². The van der Waals surface area contributed by atoms with Gasteiger partial charge in [0.05, 0.1) is 20.9 Å². The van der Waals surface area contributed by atoms with Crippen LogP contribution >= 0.6 is 11.3 Å². The lowest BCUT2D eigenvalue weighted by molar-refractivity contribution is -0.147. The third-order valence-corrected chi connectivity index (χ3v) is 4.88. The summed E-state index contributed by atoms with van der Waals surface area (Å²) in [5.41, 5.74) is 0.377. The van der Waals surface area contributed by atoms with Gasteiger partial charge in [-0.1, -0.05) is 12.1 Å². The van der Waals surface area contributed by atoms with Crippen molar-refractivity contribution in [2.45, 2.75) is 19.3 Å². The summed E-state index contributed by atoms with van der Waals surface area (Å²) in [6.45, 7) is -0.654. The quantitative estimate of drug-likeness (QED) is 0.470. The minimum absolute atomic E-state index is 0.0861. The van der Waals surface area contributed by atoms with E-state index in [2.05, 4.69) is 4.98 Å². The molecule has 0 aliphatic heterocycles. The van der Waals surface area contributed by atoms with E-state index in [4.69, 9.17) is 4.74 Å². The van der Waals surface area contributed by atoms with E-state index in [1.807, 2.05) is 29.6 Å². The van der Waals surface area contributed by atoms with Gasteiger partial charge in [0.2, 0.25) is 0 Å². The van der Waals surface area contributed by atoms with Crippen LogP contribution in [0.5, 0.6) is 0 Å². The van der Waals surface area contributed by atoms with Gasteiger partial charge in [-0.05, 0) is 37.1 Å². The second-order valence-electron chi connectivity index (χ2n) is 5.86. The molecule has 0 unspecified atom stereocenters. The second-order valence-corrected chi connectivity index (χ2v) is 6.98. The number of carbonyl (C=O) groups is 2. The van der Waals surface area contributed by atoms with Crippen LogP contribution in [-0.2, 0) is 20.7 Å². The zero-order chi connectivity index (χ0) is 20.1. The minimum Gasteiger partial charge on any atom is -0.456 e. The van der Waals surface area contributed by atoms with E-state index < -0.39 is 41.6 Å². The number of carbonyl (C=O) groups excluding carboxylic acids is 2. The maximum Gasteiger partial charge on any atom is 0.306 e. The van der Waals surface area contributed by atoms with Crippen molar-refractivity contribution in [2.75, 3.05) is 11.9 Å². The van der Waals surface area contributed by atoms with Crippen molar-refractivity contribution in [3.8, 4) is 0 Å². The molecular formula is C19H15F3N2O3S. The maximum atomic E-state index is 13.5. The van der Waals surface area contributed by atoms with Gasteiger partial charge in [0.1, 0.15) is 0 Å². The van der Waals surface area contributed by atoms with E-state index >= 15 is 0 Å². The molecule has 5 nitrogen and oxygen atoms in total. The first-order chi connectivity index (χ1) is 13.4. The van der Waals surface area contributed by atoms with Gasteiger partial charge < -0.3 is 10.1 Å². The SMILES string of the molecule is O=C(COC(=O)CCCc1nc2ccccc2s1)Nc1ccc(F)c(F)c1F. The Bertz CT molecular complexity index is 990. The summed E-state index contributed by atoms with van der Waals surface area (Å²) in [6, 6.07) is 9.28. The molecule has 0 fully saturated rings. The smallest absolute Gasteiger partial charge is 0.306 e. The third kappa shape index (κ3) is 4.86. The molecule has 9 heteroatoms. The lowest BCUT2D eigenvalue weighted by Gasteiger charge is -2.08. The van der Waals surface area contributed by atoms with Crippen molar-refractivity contribution < 1.29 is 27.5 Å². The zero-order valence-electron chi connectivity index (χ0n) is 14.5. The highest BCUT2D eigenvalue weighted by Crippen LogP contribution is 2.23. The van der Waals surface area contributed by atoms with Crippen LogP contribution in [0.4, 0.5) is 18.9 Å². The summed E-state index contributed by atoms with van der Waals surface area (Å²) in [4.78, 5) is 27.9. The lowest BCUT2D eigenvalue weighted by Crippen LogP contribution is -2.21. The molecule has 1 amide bonds. The molecule has 0 atom stereocenters. The van der Waals surface area contributed by atoms with E-state index in [1.54, 1.807) is 11.3 Å². The topological polar surface area (TPSA) is 68.3 Å². The van der Waals surface area contributed by atoms with Gasteiger partial charge in [0.25, 0.3) is 5.91 Å². The number of hydrogen-bond donors (Lipinski definition) is 1. The average molecular weight is 408 g/mol. The molecule has 146 valence electrons. The predicted molar refractivity (Wildman–Crippen MR) is 98.5 cm³/mol. The summed E-state index contributed by atoms with van der Waals surface area (Å²) in [5.74, 6) is -6.03. The molecule has 0 saturated carbocycles. The largest absolute Gasteiger partial charge is 0.456 e. The van der Waals surface area contributed by atoms with Gasteiger partial charge >= 0.3 is 5.97 Å². The first kappa shape index (κ1) is 19.8. The number of nitrogens with zero attached hydrogens (tertiary/aromatic N) is 1. The fraction of sp³-hybridized carbons (Fsp3) is 0.211. The number of halogens is 3. The fourth-order valence-electron chi connectivity index (χ4n) is 2.44. The molecule has 1 heterocycles. The van der Waals surface area contributed by atoms with Gasteiger partial charge in [0, 0.05) is 6.42 Å². The van der Waals surface area contributed by atoms with Crippen LogP contribution in [0.15, 0.2) is 36.4 Å². The van der Waals surface area contributed by atoms with Crippen molar-refractivity contribution in [3.05, 3.63) is 58.9 Å². The number of amides is 1. The van der Waals surface area contributed by atoms with E-state index in [9.17, 15) is 22.8 Å². The summed E-state index contributed by atoms with van der Waals surface area (Å²) < 4.78 is 45.3. The number of esters is 1. The first-order valence-corrected chi connectivity index (χ1v) is 9.19. The number of rotatable bonds is 7. The van der Waals surface area contributed by atoms with Gasteiger partial charge in [-0.2, -0.15) is 0 Å². The Morgan fingerprint density at radius 2 is 1.86 bits per heavy atom. The summed E-state index contributed by atoms with van der Waals surface area (Å²) in [7, 11) is 0. The van der Waals surface area contributed by atoms with Crippen molar-refractivity contribution >= 4 is 39.1 Å². The summed E-state index contributed by atoms with van der Waals surface area (Å²) in [5, 5.41) is 2.93. The second kappa shape index (κ2) is 8.83. The molecule has 1 N–H and O–H groups in total. The Balaban J connectivity index is 1.41. The van der Waals surface area contributed by atoms with Crippen LogP contribution in [0.3, 0.4) is 0 Å². The van der Waals surface area contributed by atoms with Crippen LogP contribution in [0.2, 0.25) is 0 Å². The highest BCUT2D eigenvalue weighted by Gasteiger charge is 2.16. The van der Waals surface area contributed by atoms with E-state index in [0.29, 0.717) is 18.9 Å². The van der Waals surface area contributed by atoms with Gasteiger partial charge in [0.15, 0.2) is 24.1 Å². The Hall–Kier alpha value is -2.94. The normalized spacial score (nSPS) is 10.8. The number of ether oxygens (including phenoxy) is 1. The molecule has 0 radical (unpaired) electrons. The maximum absolute atomic E-state index is 13.5. The Kier molecular flexibility index (Phi) is 6.25. The molecule has 1 aromatic heterocycles. The number of benzene rings is 2. The number of anilines is 1. The zero-order valence-corrected chi connectivity index (χ0v) is 15.3. The van der Waals surface area contributed by atoms with Crippen LogP contribution in [0.25, 0.3) is 10.2 Å². The van der Waals surface area contributed by atoms with Gasteiger partial charge in [-0.3, -0.25) is 9.59 Å². The summed E-state index contributed by atoms with van der Waals surface area (Å²) in [6.07, 6.45) is 1.18. The predicted octanol–water partition coefficient (Wildman–Crippen LogP) is 4.22. The molecule has 2 aromatic carbocycles. The molecule has 0 aliphatic carbocycles. The lowest BCUT2D eigenvalue weighted by atomic mass is 10.2. The standard InChI is InChI=1S/C19H15F3N2O3S/c20-11-8-9-13(19(22)18(11)21)23-15(25)10-27-17(26)7-3-6-16-24-12-4-1-2-5-14(12)28-16/h1-2,4-5,8-9H,3,6-7,10H2,(H,23,25). The van der Waals surface area contributed by atoms with Crippen molar-refractivity contribution in [3.63, 3.8) is 0 Å². The number of hydrogen-bond acceptors (Lipinski definition) is 5. The molecule has 0 aliphatic rings. The molecule has 0 saturated heterocycles. The number of nitrogens with one attached hydrogen (secondary N) is 1. The van der Waals surface area contributed by atoms with Crippen LogP contribution < -0.4 is 5.32 Å². The minimum atomic E-state index is -1.69. The van der Waals surface area contributed by atoms with E-state index in [1.165, 1.54) is 0 Å². The monoisotopic (exact) mass is 408 g/mol. The number of aryl methyl sites for hydroxylation is 1. The molecular weight excluding hydrogens is 393 g/mol. The number of thiazole rings is 1. The summed E-state index contributed by atoms with van der Waals surface area (Å²) >= 11 is 1.55. The third-order valence-electron chi connectivity index (χ3n) is 3.78. The molecule has 0 bridgehead atoms. The first-order valence-electron chi connectivity index (χ1n) is 8.37. The molecule has 0 spiro atoms. The average Bonchev–Trinajstić information content (AvgIpc) is 3.09.